The number of H-pyrrole nitrogens is 1. The first-order chi connectivity index (χ1) is 19.8. The zero-order valence-electron chi connectivity index (χ0n) is 24.9. The fourth-order valence-electron chi connectivity index (χ4n) is 4.74. The molecule has 1 fully saturated rings. The zero-order valence-corrected chi connectivity index (χ0v) is 24.9. The van der Waals surface area contributed by atoms with E-state index in [0.717, 1.165) is 30.6 Å². The number of carbonyl (C=O) groups is 2. The van der Waals surface area contributed by atoms with Gasteiger partial charge in [-0.1, -0.05) is 56.8 Å². The van der Waals surface area contributed by atoms with Crippen LogP contribution in [0.2, 0.25) is 0 Å². The van der Waals surface area contributed by atoms with Crippen LogP contribution >= 0.6 is 0 Å². The lowest BCUT2D eigenvalue weighted by Gasteiger charge is -2.37. The van der Waals surface area contributed by atoms with Gasteiger partial charge in [0.15, 0.2) is 5.82 Å². The number of aromatic amines is 1. The van der Waals surface area contributed by atoms with Gasteiger partial charge in [0.25, 0.3) is 0 Å². The molecule has 4 rings (SSSR count). The molecule has 1 saturated heterocycles. The predicted octanol–water partition coefficient (Wildman–Crippen LogP) is 6.63. The van der Waals surface area contributed by atoms with Gasteiger partial charge in [-0.2, -0.15) is 0 Å². The first-order valence-electron chi connectivity index (χ1n) is 14.2. The van der Waals surface area contributed by atoms with Crippen molar-refractivity contribution in [2.45, 2.75) is 71.6 Å². The summed E-state index contributed by atoms with van der Waals surface area (Å²) in [5.41, 5.74) is 2.60. The normalized spacial score (nSPS) is 15.0. The Bertz CT molecular complexity index is 1270. The predicted molar refractivity (Wildman–Crippen MR) is 169 cm³/mol. The number of rotatable bonds is 9. The molecule has 1 aromatic heterocycles. The van der Waals surface area contributed by atoms with E-state index in [1.165, 1.54) is 12.5 Å². The topological polar surface area (TPSA) is 93.4 Å². The molecule has 9 heteroatoms. The summed E-state index contributed by atoms with van der Waals surface area (Å²) in [7, 11) is 1.70. The molecule has 3 aromatic rings. The third-order valence-corrected chi connectivity index (χ3v) is 6.81. The molecule has 0 spiro atoms. The van der Waals surface area contributed by atoms with Crippen molar-refractivity contribution in [2.75, 3.05) is 13.6 Å². The quantitative estimate of drug-likeness (QED) is 0.253. The Morgan fingerprint density at radius 1 is 1.17 bits per heavy atom. The van der Waals surface area contributed by atoms with E-state index in [2.05, 4.69) is 52.2 Å². The van der Waals surface area contributed by atoms with Crippen LogP contribution in [0, 0.1) is 5.82 Å². The molecule has 3 amide bonds. The Kier molecular flexibility index (Phi) is 13.6. The second kappa shape index (κ2) is 16.8. The van der Waals surface area contributed by atoms with Crippen LogP contribution in [0.3, 0.4) is 0 Å². The van der Waals surface area contributed by atoms with E-state index in [1.807, 2.05) is 44.2 Å². The molecule has 2 heterocycles. The number of piperidine rings is 1. The first kappa shape index (κ1) is 33.1. The van der Waals surface area contributed by atoms with Crippen LogP contribution < -0.4 is 10.6 Å². The lowest BCUT2D eigenvalue weighted by molar-refractivity contribution is -0.123. The molecule has 0 unspecified atom stereocenters. The van der Waals surface area contributed by atoms with E-state index in [-0.39, 0.29) is 33.3 Å². The zero-order chi connectivity index (χ0) is 30.4. The highest BCUT2D eigenvalue weighted by Crippen LogP contribution is 2.23. The van der Waals surface area contributed by atoms with Crippen LogP contribution in [-0.2, 0) is 17.9 Å². The summed E-state index contributed by atoms with van der Waals surface area (Å²) in [6, 6.07) is 13.5. The second-order valence-corrected chi connectivity index (χ2v) is 9.69. The molecule has 0 saturated carbocycles. The highest BCUT2D eigenvalue weighted by molar-refractivity contribution is 5.87. The second-order valence-electron chi connectivity index (χ2n) is 9.69. The first-order valence-corrected chi connectivity index (χ1v) is 14.2. The smallest absolute Gasteiger partial charge is 0.318 e. The van der Waals surface area contributed by atoms with Gasteiger partial charge in [-0.15, -0.1) is 13.2 Å². The maximum Gasteiger partial charge on any atom is 0.318 e. The Morgan fingerprint density at radius 2 is 1.88 bits per heavy atom. The lowest BCUT2D eigenvalue weighted by atomic mass is 10.0. The standard InChI is InChI=1S/C28H35FN6O2.C2H6.C2H4.2H2/c1-19-10-7-8-15-35(19)20(2)16-24(32-28(37)34(3)18-21-11-5-4-6-12-21)27(36)30-17-25-31-23-14-9-13-22(29)26(23)33-25;2*1-2;;/h4-6,9,11-14,19,24H,2,7-8,10,15-18H2,1,3H3,(H,30,36)(H,31,33)(H,32,37);1-2H3;1-2H2;2*1H/t19-,24-;;;;/m0..../s1. The summed E-state index contributed by atoms with van der Waals surface area (Å²) < 4.78 is 14.0. The van der Waals surface area contributed by atoms with Gasteiger partial charge in [0.1, 0.15) is 17.4 Å². The number of hydrogen-bond acceptors (Lipinski definition) is 4. The van der Waals surface area contributed by atoms with Crippen molar-refractivity contribution in [3.8, 4) is 0 Å². The Labute approximate surface area is 246 Å². The summed E-state index contributed by atoms with van der Waals surface area (Å²) >= 11 is 0. The van der Waals surface area contributed by atoms with E-state index in [1.54, 1.807) is 24.1 Å². The van der Waals surface area contributed by atoms with Gasteiger partial charge in [-0.25, -0.2) is 14.2 Å². The monoisotopic (exact) mass is 568 g/mol. The summed E-state index contributed by atoms with van der Waals surface area (Å²) in [6.45, 7) is 17.8. The van der Waals surface area contributed by atoms with Crippen molar-refractivity contribution in [3.05, 3.63) is 91.2 Å². The summed E-state index contributed by atoms with van der Waals surface area (Å²) in [5, 5.41) is 5.74. The Morgan fingerprint density at radius 3 is 2.54 bits per heavy atom. The minimum absolute atomic E-state index is 0. The van der Waals surface area contributed by atoms with Gasteiger partial charge in [0.2, 0.25) is 5.91 Å². The molecule has 1 aliphatic rings. The van der Waals surface area contributed by atoms with Crippen LogP contribution in [0.25, 0.3) is 11.0 Å². The Hall–Kier alpha value is -4.14. The molecule has 0 aliphatic carbocycles. The number of urea groups is 1. The number of imidazole rings is 1. The van der Waals surface area contributed by atoms with E-state index >= 15 is 0 Å². The minimum Gasteiger partial charge on any atom is -0.373 e. The molecule has 0 radical (unpaired) electrons. The number of nitrogens with zero attached hydrogens (tertiary/aromatic N) is 3. The molecule has 2 aromatic carbocycles. The minimum atomic E-state index is -0.825. The van der Waals surface area contributed by atoms with Gasteiger partial charge in [-0.3, -0.25) is 4.79 Å². The number of amides is 3. The van der Waals surface area contributed by atoms with Crippen molar-refractivity contribution < 1.29 is 16.8 Å². The number of para-hydroxylation sites is 1. The van der Waals surface area contributed by atoms with E-state index in [4.69, 9.17) is 0 Å². The summed E-state index contributed by atoms with van der Waals surface area (Å²) in [4.78, 5) is 37.4. The lowest BCUT2D eigenvalue weighted by Crippen LogP contribution is -2.51. The fraction of sp³-hybridized carbons (Fsp3) is 0.406. The van der Waals surface area contributed by atoms with Gasteiger partial charge >= 0.3 is 6.03 Å². The summed E-state index contributed by atoms with van der Waals surface area (Å²) in [5.74, 6) is -0.346. The third kappa shape index (κ3) is 9.48. The molecular formula is C32H49FN6O2. The number of nitrogens with one attached hydrogen (secondary N) is 3. The van der Waals surface area contributed by atoms with Crippen LogP contribution in [0.4, 0.5) is 9.18 Å². The van der Waals surface area contributed by atoms with Crippen molar-refractivity contribution in [1.82, 2.24) is 30.4 Å². The molecule has 0 bridgehead atoms. The van der Waals surface area contributed by atoms with E-state index in [0.29, 0.717) is 23.9 Å². The largest absolute Gasteiger partial charge is 0.373 e. The SMILES string of the molecule is C=C.C=C(C[C@H](NC(=O)N(C)Cc1ccccc1)C(=O)NCc1nc2c(F)cccc2[nH]1)N1CCCC[C@@H]1C.CC.[HH].[HH]. The molecule has 2 atom stereocenters. The van der Waals surface area contributed by atoms with Crippen LogP contribution in [0.15, 0.2) is 74.0 Å². The molecule has 1 aliphatic heterocycles. The van der Waals surface area contributed by atoms with Gasteiger partial charge in [0, 0.05) is 41.2 Å². The molecule has 41 heavy (non-hydrogen) atoms. The third-order valence-electron chi connectivity index (χ3n) is 6.81. The number of benzene rings is 2. The van der Waals surface area contributed by atoms with Crippen molar-refractivity contribution in [2.24, 2.45) is 0 Å². The van der Waals surface area contributed by atoms with Crippen molar-refractivity contribution >= 4 is 23.0 Å². The average Bonchev–Trinajstić information content (AvgIpc) is 3.43. The number of fused-ring (bicyclic) bond motifs is 1. The van der Waals surface area contributed by atoms with Crippen molar-refractivity contribution in [3.63, 3.8) is 0 Å². The molecule has 226 valence electrons. The van der Waals surface area contributed by atoms with Gasteiger partial charge in [-0.05, 0) is 43.9 Å². The van der Waals surface area contributed by atoms with Gasteiger partial charge in [0.05, 0.1) is 12.1 Å². The van der Waals surface area contributed by atoms with Crippen molar-refractivity contribution in [1.29, 1.82) is 0 Å². The van der Waals surface area contributed by atoms with Crippen LogP contribution in [-0.4, -0.2) is 57.4 Å². The number of carbonyl (C=O) groups excluding carboxylic acids is 2. The maximum absolute atomic E-state index is 14.0. The van der Waals surface area contributed by atoms with E-state index < -0.39 is 11.9 Å². The average molecular weight is 569 g/mol. The number of halogens is 1. The fourth-order valence-corrected chi connectivity index (χ4v) is 4.74. The number of aromatic nitrogens is 2. The molecular weight excluding hydrogens is 519 g/mol. The number of likely N-dealkylation sites (tertiary alicyclic amines) is 1. The Balaban J connectivity index is 0.00000282. The van der Waals surface area contributed by atoms with Gasteiger partial charge < -0.3 is 25.4 Å². The van der Waals surface area contributed by atoms with Crippen LogP contribution in [0.1, 0.15) is 60.7 Å². The number of hydrogen-bond donors (Lipinski definition) is 3. The summed E-state index contributed by atoms with van der Waals surface area (Å²) in [6.07, 6.45) is 3.61. The highest BCUT2D eigenvalue weighted by Gasteiger charge is 2.27. The van der Waals surface area contributed by atoms with E-state index in [9.17, 15) is 14.0 Å². The maximum atomic E-state index is 14.0. The molecule has 3 N–H and O–H groups in total. The highest BCUT2D eigenvalue weighted by atomic mass is 19.1. The molecule has 8 nitrogen and oxygen atoms in total. The van der Waals surface area contributed by atoms with Crippen LogP contribution in [0.5, 0.6) is 0 Å².